The van der Waals surface area contributed by atoms with Crippen LogP contribution < -0.4 is 10.6 Å². The number of fused-ring (bicyclic) bond motifs is 1. The van der Waals surface area contributed by atoms with Crippen molar-refractivity contribution in [3.63, 3.8) is 0 Å². The number of anilines is 1. The number of nitrogens with zero attached hydrogens (tertiary/aromatic N) is 1. The number of carbonyl (C=O) groups excluding carboxylic acids is 1. The fourth-order valence-electron chi connectivity index (χ4n) is 2.68. The molecule has 0 saturated heterocycles. The Labute approximate surface area is 126 Å². The lowest BCUT2D eigenvalue weighted by Crippen LogP contribution is -2.31. The number of rotatable bonds is 3. The van der Waals surface area contributed by atoms with Crippen LogP contribution in [0.25, 0.3) is 0 Å². The molecule has 2 aromatic heterocycles. The summed E-state index contributed by atoms with van der Waals surface area (Å²) in [7, 11) is 1.66. The zero-order chi connectivity index (χ0) is 14.8. The molecule has 0 aromatic carbocycles. The van der Waals surface area contributed by atoms with Gasteiger partial charge in [0.2, 0.25) is 0 Å². The average Bonchev–Trinajstić information content (AvgIpc) is 2.96. The number of aromatic nitrogens is 1. The number of nitrogens with one attached hydrogen (secondary N) is 2. The van der Waals surface area contributed by atoms with Gasteiger partial charge in [0.1, 0.15) is 11.6 Å². The molecule has 0 aliphatic heterocycles. The van der Waals surface area contributed by atoms with Gasteiger partial charge in [0.05, 0.1) is 17.8 Å². The first-order valence-electron chi connectivity index (χ1n) is 6.89. The first-order chi connectivity index (χ1) is 10.2. The third kappa shape index (κ3) is 2.76. The SMILES string of the molecule is CNc1ncc(F)cc1C(=O)NC1CCCc2sccc21. The van der Waals surface area contributed by atoms with E-state index < -0.39 is 5.82 Å². The first-order valence-corrected chi connectivity index (χ1v) is 7.77. The number of aryl methyl sites for hydroxylation is 1. The van der Waals surface area contributed by atoms with Crippen LogP contribution >= 0.6 is 11.3 Å². The van der Waals surface area contributed by atoms with Crippen LogP contribution in [0.5, 0.6) is 0 Å². The van der Waals surface area contributed by atoms with Gasteiger partial charge in [0, 0.05) is 11.9 Å². The van der Waals surface area contributed by atoms with Crippen LogP contribution in [0.4, 0.5) is 10.2 Å². The number of amides is 1. The number of hydrogen-bond acceptors (Lipinski definition) is 4. The molecular weight excluding hydrogens is 289 g/mol. The molecule has 4 nitrogen and oxygen atoms in total. The Kier molecular flexibility index (Phi) is 3.88. The van der Waals surface area contributed by atoms with Crippen molar-refractivity contribution in [3.8, 4) is 0 Å². The molecule has 0 saturated carbocycles. The van der Waals surface area contributed by atoms with Crippen LogP contribution in [0, 0.1) is 5.82 Å². The van der Waals surface area contributed by atoms with Crippen molar-refractivity contribution >= 4 is 23.1 Å². The van der Waals surface area contributed by atoms with Gasteiger partial charge in [-0.05, 0) is 42.3 Å². The fraction of sp³-hybridized carbons (Fsp3) is 0.333. The molecule has 1 amide bonds. The average molecular weight is 305 g/mol. The predicted octanol–water partition coefficient (Wildman–Crippen LogP) is 3.13. The maximum atomic E-state index is 13.3. The molecule has 0 bridgehead atoms. The smallest absolute Gasteiger partial charge is 0.255 e. The number of pyridine rings is 1. The Morgan fingerprint density at radius 2 is 2.38 bits per heavy atom. The van der Waals surface area contributed by atoms with Crippen molar-refractivity contribution < 1.29 is 9.18 Å². The van der Waals surface area contributed by atoms with Crippen molar-refractivity contribution in [2.24, 2.45) is 0 Å². The molecule has 0 radical (unpaired) electrons. The lowest BCUT2D eigenvalue weighted by atomic mass is 9.94. The summed E-state index contributed by atoms with van der Waals surface area (Å²) in [4.78, 5) is 17.7. The van der Waals surface area contributed by atoms with Crippen molar-refractivity contribution in [2.75, 3.05) is 12.4 Å². The minimum absolute atomic E-state index is 0.000438. The first kappa shape index (κ1) is 14.0. The van der Waals surface area contributed by atoms with E-state index in [1.807, 2.05) is 0 Å². The van der Waals surface area contributed by atoms with Gasteiger partial charge in [-0.1, -0.05) is 0 Å². The third-order valence-electron chi connectivity index (χ3n) is 3.69. The van der Waals surface area contributed by atoms with Crippen LogP contribution in [-0.4, -0.2) is 17.9 Å². The Morgan fingerprint density at radius 3 is 3.19 bits per heavy atom. The highest BCUT2D eigenvalue weighted by atomic mass is 32.1. The summed E-state index contributed by atoms with van der Waals surface area (Å²) >= 11 is 1.73. The minimum Gasteiger partial charge on any atom is -0.372 e. The summed E-state index contributed by atoms with van der Waals surface area (Å²) in [5.41, 5.74) is 1.43. The zero-order valence-electron chi connectivity index (χ0n) is 11.6. The lowest BCUT2D eigenvalue weighted by Gasteiger charge is -2.24. The van der Waals surface area contributed by atoms with Crippen LogP contribution in [0.15, 0.2) is 23.7 Å². The summed E-state index contributed by atoms with van der Waals surface area (Å²) in [6, 6.07) is 3.28. The molecule has 3 rings (SSSR count). The molecule has 0 fully saturated rings. The fourth-order valence-corrected chi connectivity index (χ4v) is 3.67. The van der Waals surface area contributed by atoms with E-state index in [4.69, 9.17) is 0 Å². The highest BCUT2D eigenvalue weighted by Gasteiger charge is 2.24. The molecule has 0 spiro atoms. The standard InChI is InChI=1S/C15H16FN3OS/c1-17-14-11(7-9(16)8-18-14)15(20)19-12-3-2-4-13-10(12)5-6-21-13/h5-8,12H,2-4H2,1H3,(H,17,18)(H,19,20). The van der Waals surface area contributed by atoms with E-state index in [2.05, 4.69) is 27.1 Å². The van der Waals surface area contributed by atoms with Crippen molar-refractivity contribution in [2.45, 2.75) is 25.3 Å². The van der Waals surface area contributed by atoms with E-state index in [1.165, 1.54) is 16.5 Å². The second-order valence-electron chi connectivity index (χ2n) is 5.02. The summed E-state index contributed by atoms with van der Waals surface area (Å²) in [6.07, 6.45) is 4.13. The molecular formula is C15H16FN3OS. The normalized spacial score (nSPS) is 17.1. The highest BCUT2D eigenvalue weighted by Crippen LogP contribution is 2.33. The van der Waals surface area contributed by atoms with Gasteiger partial charge in [-0.3, -0.25) is 4.79 Å². The van der Waals surface area contributed by atoms with Gasteiger partial charge in [-0.2, -0.15) is 0 Å². The largest absolute Gasteiger partial charge is 0.372 e. The van der Waals surface area contributed by atoms with E-state index in [-0.39, 0.29) is 17.5 Å². The van der Waals surface area contributed by atoms with E-state index in [0.29, 0.717) is 5.82 Å². The Balaban J connectivity index is 1.84. The number of hydrogen-bond donors (Lipinski definition) is 2. The third-order valence-corrected chi connectivity index (χ3v) is 4.69. The quantitative estimate of drug-likeness (QED) is 0.916. The van der Waals surface area contributed by atoms with Gasteiger partial charge in [0.25, 0.3) is 5.91 Å². The minimum atomic E-state index is -0.515. The van der Waals surface area contributed by atoms with Gasteiger partial charge in [0.15, 0.2) is 0 Å². The Bertz CT molecular complexity index is 671. The van der Waals surface area contributed by atoms with Gasteiger partial charge in [-0.15, -0.1) is 11.3 Å². The topological polar surface area (TPSA) is 54.0 Å². The molecule has 1 aliphatic carbocycles. The molecule has 2 aromatic rings. The second kappa shape index (κ2) is 5.81. The van der Waals surface area contributed by atoms with E-state index in [9.17, 15) is 9.18 Å². The van der Waals surface area contributed by atoms with Crippen molar-refractivity contribution in [3.05, 3.63) is 45.5 Å². The maximum absolute atomic E-state index is 13.3. The molecule has 1 aliphatic rings. The molecule has 21 heavy (non-hydrogen) atoms. The van der Waals surface area contributed by atoms with Crippen LogP contribution in [0.3, 0.4) is 0 Å². The summed E-state index contributed by atoms with van der Waals surface area (Å²) < 4.78 is 13.3. The summed E-state index contributed by atoms with van der Waals surface area (Å²) in [5, 5.41) is 7.87. The second-order valence-corrected chi connectivity index (χ2v) is 6.02. The van der Waals surface area contributed by atoms with Crippen LogP contribution in [0.1, 0.15) is 39.7 Å². The molecule has 1 atom stereocenters. The van der Waals surface area contributed by atoms with Crippen LogP contribution in [-0.2, 0) is 6.42 Å². The molecule has 6 heteroatoms. The lowest BCUT2D eigenvalue weighted by molar-refractivity contribution is 0.0933. The van der Waals surface area contributed by atoms with Gasteiger partial charge >= 0.3 is 0 Å². The molecule has 2 heterocycles. The highest BCUT2D eigenvalue weighted by molar-refractivity contribution is 7.10. The summed E-state index contributed by atoms with van der Waals surface area (Å²) in [6.45, 7) is 0. The van der Waals surface area contributed by atoms with Gasteiger partial charge < -0.3 is 10.6 Å². The van der Waals surface area contributed by atoms with E-state index in [1.54, 1.807) is 18.4 Å². The zero-order valence-corrected chi connectivity index (χ0v) is 12.5. The monoisotopic (exact) mass is 305 g/mol. The molecule has 2 N–H and O–H groups in total. The summed E-state index contributed by atoms with van der Waals surface area (Å²) in [5.74, 6) is -0.426. The number of thiophene rings is 1. The Hall–Kier alpha value is -1.95. The molecule has 110 valence electrons. The predicted molar refractivity (Wildman–Crippen MR) is 81.2 cm³/mol. The van der Waals surface area contributed by atoms with E-state index >= 15 is 0 Å². The van der Waals surface area contributed by atoms with Crippen molar-refractivity contribution in [1.82, 2.24) is 10.3 Å². The van der Waals surface area contributed by atoms with Gasteiger partial charge in [-0.25, -0.2) is 9.37 Å². The van der Waals surface area contributed by atoms with Crippen LogP contribution in [0.2, 0.25) is 0 Å². The molecule has 1 unspecified atom stereocenters. The number of carbonyl (C=O) groups is 1. The Morgan fingerprint density at radius 1 is 1.52 bits per heavy atom. The number of halogens is 1. The van der Waals surface area contributed by atoms with E-state index in [0.717, 1.165) is 25.5 Å². The maximum Gasteiger partial charge on any atom is 0.255 e. The van der Waals surface area contributed by atoms with Crippen molar-refractivity contribution in [1.29, 1.82) is 0 Å².